The van der Waals surface area contributed by atoms with E-state index in [1.807, 2.05) is 46.8 Å². The van der Waals surface area contributed by atoms with Crippen LogP contribution in [0.5, 0.6) is 0 Å². The average Bonchev–Trinajstić information content (AvgIpc) is 2.64. The summed E-state index contributed by atoms with van der Waals surface area (Å²) in [6.45, 7) is 11.9. The van der Waals surface area contributed by atoms with Crippen LogP contribution in [0.1, 0.15) is 50.5 Å². The fraction of sp³-hybridized carbons (Fsp3) is 0.591. The standard InChI is InChI=1S/C22H32N2O5/c1-13(2)19(23-20(25)18-9-7-14(3)8-10-18)22(27)29-17(6)21(26)24-11-15(4)28-16(5)12-24/h7-10,13,15-17,19H,11-12H2,1-6H3,(H,23,25). The lowest BCUT2D eigenvalue weighted by atomic mass is 10.0. The van der Waals surface area contributed by atoms with Gasteiger partial charge in [0.1, 0.15) is 6.04 Å². The first-order valence-corrected chi connectivity index (χ1v) is 10.1. The third-order valence-electron chi connectivity index (χ3n) is 4.89. The molecule has 0 aromatic heterocycles. The smallest absolute Gasteiger partial charge is 0.329 e. The summed E-state index contributed by atoms with van der Waals surface area (Å²) in [6.07, 6.45) is -1.07. The highest BCUT2D eigenvalue weighted by molar-refractivity contribution is 5.97. The normalized spacial score (nSPS) is 21.4. The minimum Gasteiger partial charge on any atom is -0.451 e. The molecule has 0 bridgehead atoms. The van der Waals surface area contributed by atoms with E-state index in [9.17, 15) is 14.4 Å². The van der Waals surface area contributed by atoms with E-state index in [4.69, 9.17) is 9.47 Å². The second-order valence-electron chi connectivity index (χ2n) is 8.14. The maximum atomic E-state index is 12.7. The van der Waals surface area contributed by atoms with Crippen LogP contribution in [-0.4, -0.2) is 60.1 Å². The molecule has 0 aliphatic carbocycles. The summed E-state index contributed by atoms with van der Waals surface area (Å²) in [5.41, 5.74) is 1.51. The Kier molecular flexibility index (Phi) is 7.79. The Hall–Kier alpha value is -2.41. The van der Waals surface area contributed by atoms with Crippen LogP contribution in [0.3, 0.4) is 0 Å². The first-order chi connectivity index (χ1) is 13.6. The topological polar surface area (TPSA) is 84.9 Å². The van der Waals surface area contributed by atoms with Crippen molar-refractivity contribution in [1.29, 1.82) is 0 Å². The molecule has 1 heterocycles. The number of esters is 1. The quantitative estimate of drug-likeness (QED) is 0.736. The third-order valence-corrected chi connectivity index (χ3v) is 4.89. The summed E-state index contributed by atoms with van der Waals surface area (Å²) in [6, 6.07) is 6.24. The van der Waals surface area contributed by atoms with Crippen LogP contribution >= 0.6 is 0 Å². The van der Waals surface area contributed by atoms with Crippen molar-refractivity contribution in [3.05, 3.63) is 35.4 Å². The molecule has 0 saturated carbocycles. The van der Waals surface area contributed by atoms with Gasteiger partial charge in [0.05, 0.1) is 12.2 Å². The minimum atomic E-state index is -0.933. The van der Waals surface area contributed by atoms with E-state index in [1.54, 1.807) is 24.0 Å². The van der Waals surface area contributed by atoms with Crippen LogP contribution in [-0.2, 0) is 19.1 Å². The van der Waals surface area contributed by atoms with Crippen LogP contribution < -0.4 is 5.32 Å². The summed E-state index contributed by atoms with van der Waals surface area (Å²) in [5.74, 6) is -1.42. The van der Waals surface area contributed by atoms with Gasteiger partial charge in [0.25, 0.3) is 11.8 Å². The van der Waals surface area contributed by atoms with E-state index in [0.717, 1.165) is 5.56 Å². The summed E-state index contributed by atoms with van der Waals surface area (Å²) in [4.78, 5) is 39.6. The van der Waals surface area contributed by atoms with Gasteiger partial charge < -0.3 is 19.7 Å². The molecule has 1 aromatic rings. The van der Waals surface area contributed by atoms with Gasteiger partial charge in [-0.15, -0.1) is 0 Å². The maximum absolute atomic E-state index is 12.7. The second kappa shape index (κ2) is 9.87. The van der Waals surface area contributed by atoms with Crippen molar-refractivity contribution in [1.82, 2.24) is 10.2 Å². The molecule has 2 rings (SSSR count). The van der Waals surface area contributed by atoms with Crippen LogP contribution in [0.4, 0.5) is 0 Å². The summed E-state index contributed by atoms with van der Waals surface area (Å²) >= 11 is 0. The Labute approximate surface area is 172 Å². The Morgan fingerprint density at radius 1 is 1.07 bits per heavy atom. The van der Waals surface area contributed by atoms with Crippen molar-refractivity contribution in [2.45, 2.75) is 65.9 Å². The first kappa shape index (κ1) is 22.9. The van der Waals surface area contributed by atoms with Crippen LogP contribution in [0, 0.1) is 12.8 Å². The van der Waals surface area contributed by atoms with Crippen molar-refractivity contribution in [2.75, 3.05) is 13.1 Å². The highest BCUT2D eigenvalue weighted by atomic mass is 16.5. The summed E-state index contributed by atoms with van der Waals surface area (Å²) in [5, 5.41) is 2.73. The van der Waals surface area contributed by atoms with Crippen molar-refractivity contribution in [3.63, 3.8) is 0 Å². The number of hydrogen-bond acceptors (Lipinski definition) is 5. The minimum absolute atomic E-state index is 0.0668. The SMILES string of the molecule is Cc1ccc(C(=O)NC(C(=O)OC(C)C(=O)N2CC(C)OC(C)C2)C(C)C)cc1. The molecule has 29 heavy (non-hydrogen) atoms. The number of carbonyl (C=O) groups excluding carboxylic acids is 3. The van der Waals surface area contributed by atoms with Gasteiger partial charge in [-0.25, -0.2) is 4.79 Å². The molecule has 160 valence electrons. The van der Waals surface area contributed by atoms with Crippen molar-refractivity contribution in [3.8, 4) is 0 Å². The average molecular weight is 405 g/mol. The van der Waals surface area contributed by atoms with Crippen molar-refractivity contribution >= 4 is 17.8 Å². The predicted molar refractivity (Wildman–Crippen MR) is 109 cm³/mol. The Balaban J connectivity index is 2.00. The molecule has 1 aliphatic rings. The van der Waals surface area contributed by atoms with Gasteiger partial charge in [0.15, 0.2) is 6.10 Å². The second-order valence-corrected chi connectivity index (χ2v) is 8.14. The molecule has 4 atom stereocenters. The number of nitrogens with one attached hydrogen (secondary N) is 1. The monoisotopic (exact) mass is 404 g/mol. The molecule has 1 N–H and O–H groups in total. The van der Waals surface area contributed by atoms with E-state index < -0.39 is 18.1 Å². The van der Waals surface area contributed by atoms with E-state index in [-0.39, 0.29) is 29.9 Å². The van der Waals surface area contributed by atoms with E-state index in [2.05, 4.69) is 5.32 Å². The molecule has 7 heteroatoms. The van der Waals surface area contributed by atoms with Gasteiger partial charge in [-0.05, 0) is 45.7 Å². The lowest BCUT2D eigenvalue weighted by molar-refractivity contribution is -0.166. The van der Waals surface area contributed by atoms with Crippen LogP contribution in [0.25, 0.3) is 0 Å². The number of nitrogens with zero attached hydrogens (tertiary/aromatic N) is 1. The number of amides is 2. The first-order valence-electron chi connectivity index (χ1n) is 10.1. The van der Waals surface area contributed by atoms with E-state index in [1.165, 1.54) is 0 Å². The fourth-order valence-electron chi connectivity index (χ4n) is 3.34. The fourth-order valence-corrected chi connectivity index (χ4v) is 3.34. The molecule has 4 unspecified atom stereocenters. The predicted octanol–water partition coefficient (Wildman–Crippen LogP) is 2.32. The highest BCUT2D eigenvalue weighted by Crippen LogP contribution is 2.14. The molecule has 1 saturated heterocycles. The van der Waals surface area contributed by atoms with E-state index in [0.29, 0.717) is 18.7 Å². The largest absolute Gasteiger partial charge is 0.451 e. The molecular formula is C22H32N2O5. The number of carbonyl (C=O) groups is 3. The van der Waals surface area contributed by atoms with Crippen LogP contribution in [0.15, 0.2) is 24.3 Å². The number of ether oxygens (including phenoxy) is 2. The van der Waals surface area contributed by atoms with Gasteiger partial charge in [0, 0.05) is 18.7 Å². The summed E-state index contributed by atoms with van der Waals surface area (Å²) in [7, 11) is 0. The number of rotatable bonds is 6. The van der Waals surface area contributed by atoms with Crippen LogP contribution in [0.2, 0.25) is 0 Å². The Bertz CT molecular complexity index is 721. The molecule has 2 amide bonds. The molecule has 1 fully saturated rings. The Morgan fingerprint density at radius 3 is 2.14 bits per heavy atom. The lowest BCUT2D eigenvalue weighted by Gasteiger charge is -2.36. The maximum Gasteiger partial charge on any atom is 0.329 e. The van der Waals surface area contributed by atoms with Gasteiger partial charge in [0.2, 0.25) is 0 Å². The number of aryl methyl sites for hydroxylation is 1. The Morgan fingerprint density at radius 2 is 1.62 bits per heavy atom. The molecular weight excluding hydrogens is 372 g/mol. The van der Waals surface area contributed by atoms with Gasteiger partial charge in [-0.3, -0.25) is 9.59 Å². The van der Waals surface area contributed by atoms with Crippen molar-refractivity contribution < 1.29 is 23.9 Å². The molecule has 7 nitrogen and oxygen atoms in total. The third kappa shape index (κ3) is 6.29. The van der Waals surface area contributed by atoms with Gasteiger partial charge in [-0.2, -0.15) is 0 Å². The van der Waals surface area contributed by atoms with Gasteiger partial charge >= 0.3 is 5.97 Å². The molecule has 0 radical (unpaired) electrons. The number of hydrogen-bond donors (Lipinski definition) is 1. The zero-order chi connectivity index (χ0) is 21.7. The highest BCUT2D eigenvalue weighted by Gasteiger charge is 2.33. The molecule has 1 aromatic carbocycles. The van der Waals surface area contributed by atoms with Gasteiger partial charge in [-0.1, -0.05) is 31.5 Å². The summed E-state index contributed by atoms with van der Waals surface area (Å²) < 4.78 is 11.1. The lowest BCUT2D eigenvalue weighted by Crippen LogP contribution is -2.52. The zero-order valence-electron chi connectivity index (χ0n) is 18.1. The number of morpholine rings is 1. The number of benzene rings is 1. The molecule has 1 aliphatic heterocycles. The van der Waals surface area contributed by atoms with E-state index >= 15 is 0 Å². The van der Waals surface area contributed by atoms with Crippen molar-refractivity contribution in [2.24, 2.45) is 5.92 Å². The zero-order valence-corrected chi connectivity index (χ0v) is 18.1. The molecule has 0 spiro atoms.